The summed E-state index contributed by atoms with van der Waals surface area (Å²) in [5.74, 6) is 0. The van der Waals surface area contributed by atoms with Crippen LogP contribution in [0.4, 0.5) is 0 Å². The van der Waals surface area contributed by atoms with E-state index in [1.807, 2.05) is 43.3 Å². The van der Waals surface area contributed by atoms with E-state index in [4.69, 9.17) is 0 Å². The van der Waals surface area contributed by atoms with Crippen LogP contribution >= 0.6 is 7.14 Å². The normalized spacial score (nSPS) is 32.2. The molecule has 68 valence electrons. The number of allylic oxidation sites excluding steroid dienone is 2. The van der Waals surface area contributed by atoms with Crippen molar-refractivity contribution in [3.05, 3.63) is 42.5 Å². The fourth-order valence-electron chi connectivity index (χ4n) is 1.74. The van der Waals surface area contributed by atoms with Gasteiger partial charge in [-0.15, -0.1) is 0 Å². The minimum Gasteiger partial charge on any atom is -0.318 e. The molecule has 0 saturated carbocycles. The van der Waals surface area contributed by atoms with Crippen molar-refractivity contribution >= 4 is 12.4 Å². The molecule has 1 aromatic rings. The molecule has 0 aliphatic carbocycles. The number of hydrogen-bond donors (Lipinski definition) is 0. The lowest BCUT2D eigenvalue weighted by Crippen LogP contribution is -2.11. The van der Waals surface area contributed by atoms with Gasteiger partial charge in [0.25, 0.3) is 0 Å². The highest BCUT2D eigenvalue weighted by Crippen LogP contribution is 2.53. The van der Waals surface area contributed by atoms with Gasteiger partial charge < -0.3 is 4.57 Å². The lowest BCUT2D eigenvalue weighted by atomic mass is 10.4. The lowest BCUT2D eigenvalue weighted by molar-refractivity contribution is 0.581. The molecule has 1 unspecified atom stereocenters. The number of hydrogen-bond acceptors (Lipinski definition) is 1. The fourth-order valence-corrected chi connectivity index (χ4v) is 4.27. The molecule has 1 aliphatic heterocycles. The van der Waals surface area contributed by atoms with Crippen molar-refractivity contribution in [3.8, 4) is 0 Å². The Balaban J connectivity index is 2.42. The summed E-state index contributed by atoms with van der Waals surface area (Å²) >= 11 is 0. The van der Waals surface area contributed by atoms with E-state index in [2.05, 4.69) is 6.08 Å². The molecular weight excluding hydrogens is 179 g/mol. The van der Waals surface area contributed by atoms with Crippen LogP contribution in [0.3, 0.4) is 0 Å². The van der Waals surface area contributed by atoms with E-state index in [-0.39, 0.29) is 5.66 Å². The van der Waals surface area contributed by atoms with E-state index in [9.17, 15) is 4.57 Å². The molecule has 0 amide bonds. The summed E-state index contributed by atoms with van der Waals surface area (Å²) in [6.07, 6.45) is 4.84. The average molecular weight is 192 g/mol. The SMILES string of the molecule is C[C@@H]1C=CCP1(=O)c1ccccc1. The van der Waals surface area contributed by atoms with Crippen LogP contribution in [0.15, 0.2) is 42.5 Å². The van der Waals surface area contributed by atoms with Gasteiger partial charge in [-0.1, -0.05) is 49.4 Å². The van der Waals surface area contributed by atoms with Gasteiger partial charge in [-0.25, -0.2) is 0 Å². The highest BCUT2D eigenvalue weighted by Gasteiger charge is 2.32. The summed E-state index contributed by atoms with van der Waals surface area (Å²) in [5, 5.41) is 1.02. The largest absolute Gasteiger partial charge is 0.318 e. The lowest BCUT2D eigenvalue weighted by Gasteiger charge is -2.16. The van der Waals surface area contributed by atoms with Crippen molar-refractivity contribution in [1.82, 2.24) is 0 Å². The van der Waals surface area contributed by atoms with Crippen molar-refractivity contribution in [2.24, 2.45) is 0 Å². The molecule has 13 heavy (non-hydrogen) atoms. The summed E-state index contributed by atoms with van der Waals surface area (Å²) in [6.45, 7) is 2.04. The van der Waals surface area contributed by atoms with Gasteiger partial charge in [0.15, 0.2) is 0 Å². The maximum absolute atomic E-state index is 12.5. The zero-order chi connectivity index (χ0) is 9.31. The minimum atomic E-state index is -2.12. The van der Waals surface area contributed by atoms with Gasteiger partial charge in [0.05, 0.1) is 0 Å². The third kappa shape index (κ3) is 1.38. The first-order valence-electron chi connectivity index (χ1n) is 4.54. The van der Waals surface area contributed by atoms with E-state index in [1.165, 1.54) is 0 Å². The van der Waals surface area contributed by atoms with Gasteiger partial charge >= 0.3 is 0 Å². The predicted molar refractivity (Wildman–Crippen MR) is 57.2 cm³/mol. The smallest absolute Gasteiger partial charge is 0.125 e. The van der Waals surface area contributed by atoms with Gasteiger partial charge in [-0.05, 0) is 0 Å². The Morgan fingerprint density at radius 2 is 2.00 bits per heavy atom. The van der Waals surface area contributed by atoms with Gasteiger partial charge in [0.1, 0.15) is 7.14 Å². The highest BCUT2D eigenvalue weighted by molar-refractivity contribution is 7.72. The molecule has 1 heterocycles. The van der Waals surface area contributed by atoms with Gasteiger partial charge in [-0.3, -0.25) is 0 Å². The molecule has 2 rings (SSSR count). The van der Waals surface area contributed by atoms with E-state index in [0.29, 0.717) is 0 Å². The fraction of sp³-hybridized carbons (Fsp3) is 0.273. The average Bonchev–Trinajstić information content (AvgIpc) is 2.50. The van der Waals surface area contributed by atoms with E-state index < -0.39 is 7.14 Å². The van der Waals surface area contributed by atoms with E-state index in [0.717, 1.165) is 11.5 Å². The second kappa shape index (κ2) is 3.16. The number of benzene rings is 1. The van der Waals surface area contributed by atoms with E-state index >= 15 is 0 Å². The van der Waals surface area contributed by atoms with Crippen molar-refractivity contribution in [2.45, 2.75) is 12.6 Å². The Bertz CT molecular complexity index is 367. The summed E-state index contributed by atoms with van der Waals surface area (Å²) in [5.41, 5.74) is 0.217. The molecule has 0 fully saturated rings. The molecule has 1 aromatic carbocycles. The topological polar surface area (TPSA) is 17.1 Å². The maximum Gasteiger partial charge on any atom is 0.125 e. The summed E-state index contributed by atoms with van der Waals surface area (Å²) in [7, 11) is -2.12. The third-order valence-corrected chi connectivity index (χ3v) is 6.06. The molecule has 2 atom stereocenters. The number of rotatable bonds is 1. The zero-order valence-corrected chi connectivity index (χ0v) is 8.58. The van der Waals surface area contributed by atoms with Crippen molar-refractivity contribution in [2.75, 3.05) is 6.16 Å². The van der Waals surface area contributed by atoms with Crippen molar-refractivity contribution < 1.29 is 4.57 Å². The Morgan fingerprint density at radius 1 is 1.31 bits per heavy atom. The van der Waals surface area contributed by atoms with Crippen LogP contribution in [-0.2, 0) is 4.57 Å². The van der Waals surface area contributed by atoms with Crippen LogP contribution in [0, 0.1) is 0 Å². The third-order valence-electron chi connectivity index (χ3n) is 2.64. The highest BCUT2D eigenvalue weighted by atomic mass is 31.2. The monoisotopic (exact) mass is 192 g/mol. The molecule has 0 radical (unpaired) electrons. The minimum absolute atomic E-state index is 0.217. The molecule has 0 saturated heterocycles. The molecular formula is C11H13OP. The standard InChI is InChI=1S/C11H13OP/c1-10-6-5-9-13(10,12)11-7-3-2-4-8-11/h2-8,10H,9H2,1H3/t10-,13?/m1/s1. The Hall–Kier alpha value is -0.810. The van der Waals surface area contributed by atoms with Crippen molar-refractivity contribution in [1.29, 1.82) is 0 Å². The Kier molecular flexibility index (Phi) is 2.13. The summed E-state index contributed by atoms with van der Waals surface area (Å²) in [4.78, 5) is 0. The molecule has 0 N–H and O–H groups in total. The van der Waals surface area contributed by atoms with Gasteiger partial charge in [-0.2, -0.15) is 0 Å². The van der Waals surface area contributed by atoms with Crippen LogP contribution in [-0.4, -0.2) is 11.8 Å². The van der Waals surface area contributed by atoms with E-state index in [1.54, 1.807) is 0 Å². The summed E-state index contributed by atoms with van der Waals surface area (Å²) in [6, 6.07) is 9.83. The predicted octanol–water partition coefficient (Wildman–Crippen LogP) is 2.63. The first-order chi connectivity index (χ1) is 6.23. The molecule has 0 aromatic heterocycles. The van der Waals surface area contributed by atoms with Crippen molar-refractivity contribution in [3.63, 3.8) is 0 Å². The van der Waals surface area contributed by atoms with Crippen LogP contribution in [0.25, 0.3) is 0 Å². The second-order valence-corrected chi connectivity index (χ2v) is 6.77. The molecule has 1 nitrogen and oxygen atoms in total. The first kappa shape index (κ1) is 8.77. The van der Waals surface area contributed by atoms with Crippen LogP contribution in [0.1, 0.15) is 6.92 Å². The molecule has 2 heteroatoms. The van der Waals surface area contributed by atoms with Gasteiger partial charge in [0, 0.05) is 17.1 Å². The summed E-state index contributed by atoms with van der Waals surface area (Å²) < 4.78 is 12.5. The zero-order valence-electron chi connectivity index (χ0n) is 7.68. The molecule has 0 bridgehead atoms. The maximum atomic E-state index is 12.5. The second-order valence-electron chi connectivity index (χ2n) is 3.48. The Labute approximate surface area is 78.9 Å². The first-order valence-corrected chi connectivity index (χ1v) is 6.50. The van der Waals surface area contributed by atoms with Crippen LogP contribution < -0.4 is 5.30 Å². The quantitative estimate of drug-likeness (QED) is 0.493. The van der Waals surface area contributed by atoms with Crippen LogP contribution in [0.2, 0.25) is 0 Å². The van der Waals surface area contributed by atoms with Crippen LogP contribution in [0.5, 0.6) is 0 Å². The van der Waals surface area contributed by atoms with Gasteiger partial charge in [0.2, 0.25) is 0 Å². The molecule has 1 aliphatic rings. The molecule has 0 spiro atoms. The Morgan fingerprint density at radius 3 is 2.54 bits per heavy atom.